The van der Waals surface area contributed by atoms with Gasteiger partial charge in [0.05, 0.1) is 21.1 Å². The van der Waals surface area contributed by atoms with E-state index in [-0.39, 0.29) is 0 Å². The monoisotopic (exact) mass is 424 g/mol. The maximum atomic E-state index is 11.8. The quantitative estimate of drug-likeness (QED) is 0.367. The van der Waals surface area contributed by atoms with Gasteiger partial charge in [0, 0.05) is 20.8 Å². The largest absolute Gasteiger partial charge is 0.461 e. The Morgan fingerprint density at radius 3 is 1.83 bits per heavy atom. The highest BCUT2D eigenvalue weighted by Crippen LogP contribution is 2.31. The average Bonchev–Trinajstić information content (AvgIpc) is 2.59. The first kappa shape index (κ1) is 23.6. The van der Waals surface area contributed by atoms with Gasteiger partial charge < -0.3 is 28.2 Å². The topological polar surface area (TPSA) is 97.4 Å². The highest BCUT2D eigenvalue weighted by molar-refractivity contribution is 5.68. The minimum Gasteiger partial charge on any atom is -0.461 e. The molecule has 1 aromatic carbocycles. The fourth-order valence-electron chi connectivity index (χ4n) is 3.27. The Morgan fingerprint density at radius 1 is 0.833 bits per heavy atom. The number of carbonyl (C=O) groups is 3. The zero-order valence-corrected chi connectivity index (χ0v) is 18.2. The van der Waals surface area contributed by atoms with Crippen LogP contribution in [0.15, 0.2) is 30.3 Å². The Balaban J connectivity index is 2.46. The van der Waals surface area contributed by atoms with E-state index in [4.69, 9.17) is 23.7 Å². The Kier molecular flexibility index (Phi) is 7.80. The van der Waals surface area contributed by atoms with Gasteiger partial charge in [0.2, 0.25) is 12.4 Å². The summed E-state index contributed by atoms with van der Waals surface area (Å²) in [4.78, 5) is 35.4. The SMILES string of the molecule is CC(=O)O[C@@H]1[C@@H](OC(C)=O)[C@H](Oc2ccccc2)O[C@H](C[N+](C)(C)C)[C@H]1OC(C)=O. The van der Waals surface area contributed by atoms with E-state index in [0.717, 1.165) is 0 Å². The molecule has 1 fully saturated rings. The molecule has 0 bridgehead atoms. The molecule has 1 aliphatic rings. The summed E-state index contributed by atoms with van der Waals surface area (Å²) in [5, 5.41) is 0. The van der Waals surface area contributed by atoms with Gasteiger partial charge >= 0.3 is 17.9 Å². The first-order valence-electron chi connectivity index (χ1n) is 9.65. The second-order valence-electron chi connectivity index (χ2n) is 8.17. The lowest BCUT2D eigenvalue weighted by molar-refractivity contribution is -0.874. The number of carbonyl (C=O) groups excluding carboxylic acids is 3. The minimum atomic E-state index is -1.14. The molecule has 1 heterocycles. The van der Waals surface area contributed by atoms with Gasteiger partial charge in [-0.25, -0.2) is 0 Å². The first-order chi connectivity index (χ1) is 14.0. The summed E-state index contributed by atoms with van der Waals surface area (Å²) < 4.78 is 28.9. The molecule has 5 atom stereocenters. The molecular weight excluding hydrogens is 394 g/mol. The minimum absolute atomic E-state index is 0.414. The second-order valence-corrected chi connectivity index (χ2v) is 8.17. The third-order valence-corrected chi connectivity index (χ3v) is 4.22. The fraction of sp³-hybridized carbons (Fsp3) is 0.571. The number of hydrogen-bond acceptors (Lipinski definition) is 8. The van der Waals surface area contributed by atoms with Crippen molar-refractivity contribution < 1.29 is 42.6 Å². The average molecular weight is 424 g/mol. The van der Waals surface area contributed by atoms with Crippen molar-refractivity contribution in [2.75, 3.05) is 27.7 Å². The van der Waals surface area contributed by atoms with Gasteiger partial charge in [-0.05, 0) is 12.1 Å². The number of benzene rings is 1. The second kappa shape index (κ2) is 9.90. The molecule has 0 saturated carbocycles. The lowest BCUT2D eigenvalue weighted by atomic mass is 9.97. The lowest BCUT2D eigenvalue weighted by Gasteiger charge is -2.45. The molecule has 166 valence electrons. The molecule has 1 aromatic rings. The number of nitrogens with zero attached hydrogens (tertiary/aromatic N) is 1. The van der Waals surface area contributed by atoms with Crippen molar-refractivity contribution in [1.29, 1.82) is 0 Å². The van der Waals surface area contributed by atoms with Crippen molar-refractivity contribution in [2.24, 2.45) is 0 Å². The summed E-state index contributed by atoms with van der Waals surface area (Å²) in [7, 11) is 5.83. The van der Waals surface area contributed by atoms with Gasteiger partial charge in [-0.15, -0.1) is 0 Å². The molecule has 0 unspecified atom stereocenters. The zero-order valence-electron chi connectivity index (χ0n) is 18.2. The third kappa shape index (κ3) is 7.00. The van der Waals surface area contributed by atoms with Crippen molar-refractivity contribution >= 4 is 17.9 Å². The van der Waals surface area contributed by atoms with E-state index in [1.54, 1.807) is 24.3 Å². The Morgan fingerprint density at radius 2 is 1.33 bits per heavy atom. The van der Waals surface area contributed by atoms with Crippen LogP contribution in [-0.4, -0.2) is 80.8 Å². The van der Waals surface area contributed by atoms with E-state index >= 15 is 0 Å². The summed E-state index contributed by atoms with van der Waals surface area (Å²) >= 11 is 0. The Labute approximate surface area is 176 Å². The van der Waals surface area contributed by atoms with E-state index in [1.807, 2.05) is 27.2 Å². The van der Waals surface area contributed by atoms with E-state index < -0.39 is 48.6 Å². The van der Waals surface area contributed by atoms with Crippen molar-refractivity contribution in [1.82, 2.24) is 0 Å². The van der Waals surface area contributed by atoms with E-state index in [1.165, 1.54) is 20.8 Å². The number of quaternary nitrogens is 1. The van der Waals surface area contributed by atoms with E-state index in [2.05, 4.69) is 0 Å². The molecule has 0 aromatic heterocycles. The highest BCUT2D eigenvalue weighted by atomic mass is 16.7. The van der Waals surface area contributed by atoms with Gasteiger partial charge in [0.15, 0.2) is 18.3 Å². The fourth-order valence-corrected chi connectivity index (χ4v) is 3.27. The van der Waals surface area contributed by atoms with Crippen LogP contribution in [0.3, 0.4) is 0 Å². The van der Waals surface area contributed by atoms with Crippen LogP contribution in [0.25, 0.3) is 0 Å². The van der Waals surface area contributed by atoms with Gasteiger partial charge in [-0.2, -0.15) is 0 Å². The van der Waals surface area contributed by atoms with Crippen LogP contribution in [0, 0.1) is 0 Å². The molecule has 1 saturated heterocycles. The summed E-state index contributed by atoms with van der Waals surface area (Å²) in [5.41, 5.74) is 0. The van der Waals surface area contributed by atoms with Crippen molar-refractivity contribution in [2.45, 2.75) is 51.5 Å². The predicted molar refractivity (Wildman–Crippen MR) is 105 cm³/mol. The Bertz CT molecular complexity index is 745. The number of rotatable bonds is 7. The van der Waals surface area contributed by atoms with Crippen LogP contribution in [0.5, 0.6) is 5.75 Å². The standard InChI is InChI=1S/C21H30NO8/c1-13(23)26-18-17(12-22(4,5)6)30-21(29-16-10-8-7-9-11-16)20(28-15(3)25)19(18)27-14(2)24/h7-11,17-21H,12H2,1-6H3/q+1/t17-,18-,19+,20-,21-/m1/s1. The Hall–Kier alpha value is -2.65. The number of likely N-dealkylation sites (N-methyl/N-ethyl adjacent to an activating group) is 1. The zero-order chi connectivity index (χ0) is 22.5. The molecule has 0 radical (unpaired) electrons. The van der Waals surface area contributed by atoms with Crippen LogP contribution >= 0.6 is 0 Å². The smallest absolute Gasteiger partial charge is 0.303 e. The van der Waals surface area contributed by atoms with Crippen LogP contribution in [0.2, 0.25) is 0 Å². The first-order valence-corrected chi connectivity index (χ1v) is 9.65. The normalized spacial score (nSPS) is 26.4. The molecular formula is C21H30NO8+. The van der Waals surface area contributed by atoms with Crippen LogP contribution in [-0.2, 0) is 33.3 Å². The summed E-state index contributed by atoms with van der Waals surface area (Å²) in [6.45, 7) is 4.12. The molecule has 30 heavy (non-hydrogen) atoms. The lowest BCUT2D eigenvalue weighted by Crippen LogP contribution is -2.65. The molecule has 9 nitrogen and oxygen atoms in total. The molecule has 0 spiro atoms. The maximum absolute atomic E-state index is 11.8. The number of esters is 3. The van der Waals surface area contributed by atoms with Crippen molar-refractivity contribution in [3.8, 4) is 5.75 Å². The third-order valence-electron chi connectivity index (χ3n) is 4.22. The summed E-state index contributed by atoms with van der Waals surface area (Å²) in [6, 6.07) is 8.85. The van der Waals surface area contributed by atoms with Crippen molar-refractivity contribution in [3.63, 3.8) is 0 Å². The van der Waals surface area contributed by atoms with Gasteiger partial charge in [-0.3, -0.25) is 14.4 Å². The molecule has 1 aliphatic heterocycles. The van der Waals surface area contributed by atoms with E-state index in [0.29, 0.717) is 16.8 Å². The number of hydrogen-bond donors (Lipinski definition) is 0. The molecule has 2 rings (SSSR count). The van der Waals surface area contributed by atoms with E-state index in [9.17, 15) is 14.4 Å². The van der Waals surface area contributed by atoms with Crippen LogP contribution < -0.4 is 4.74 Å². The summed E-state index contributed by atoms with van der Waals surface area (Å²) in [5.74, 6) is -1.32. The summed E-state index contributed by atoms with van der Waals surface area (Å²) in [6.07, 6.45) is -4.99. The number of ether oxygens (including phenoxy) is 5. The molecule has 9 heteroatoms. The van der Waals surface area contributed by atoms with Gasteiger partial charge in [0.25, 0.3) is 0 Å². The predicted octanol–water partition coefficient (Wildman–Crippen LogP) is 1.29. The molecule has 0 aliphatic carbocycles. The van der Waals surface area contributed by atoms with Crippen molar-refractivity contribution in [3.05, 3.63) is 30.3 Å². The van der Waals surface area contributed by atoms with Crippen LogP contribution in [0.4, 0.5) is 0 Å². The van der Waals surface area contributed by atoms with Gasteiger partial charge in [0.1, 0.15) is 12.3 Å². The highest BCUT2D eigenvalue weighted by Gasteiger charge is 2.54. The van der Waals surface area contributed by atoms with Crippen LogP contribution in [0.1, 0.15) is 20.8 Å². The van der Waals surface area contributed by atoms with Gasteiger partial charge in [-0.1, -0.05) is 18.2 Å². The number of para-hydroxylation sites is 1. The molecule has 0 amide bonds. The molecule has 0 N–H and O–H groups in total. The maximum Gasteiger partial charge on any atom is 0.303 e.